The molecule has 0 N–H and O–H groups in total. The standard InChI is InChI=1S/C27H24N2O4/c1-19-23(8-5-9-24(19)29(31)32)26(30)28-16-14-27(15-17-28)13-12-22-18-21(10-11-25(22)33-27)20-6-3-2-4-7-20/h2-13,18H,14-17H2,1H3. The summed E-state index contributed by atoms with van der Waals surface area (Å²) in [7, 11) is 0. The van der Waals surface area contributed by atoms with Gasteiger partial charge >= 0.3 is 0 Å². The van der Waals surface area contributed by atoms with Gasteiger partial charge in [-0.1, -0.05) is 48.5 Å². The molecule has 1 saturated heterocycles. The molecule has 6 heteroatoms. The predicted molar refractivity (Wildman–Crippen MR) is 127 cm³/mol. The van der Waals surface area contributed by atoms with Crippen LogP contribution in [0.5, 0.6) is 5.75 Å². The molecule has 33 heavy (non-hydrogen) atoms. The van der Waals surface area contributed by atoms with E-state index in [1.165, 1.54) is 6.07 Å². The molecule has 1 spiro atoms. The number of carbonyl (C=O) groups excluding carboxylic acids is 1. The number of nitrogens with zero attached hydrogens (tertiary/aromatic N) is 2. The highest BCUT2D eigenvalue weighted by molar-refractivity contribution is 5.96. The minimum absolute atomic E-state index is 0.0284. The van der Waals surface area contributed by atoms with Crippen LogP contribution in [0.25, 0.3) is 17.2 Å². The van der Waals surface area contributed by atoms with Crippen LogP contribution in [0.4, 0.5) is 5.69 Å². The second-order valence-corrected chi connectivity index (χ2v) is 8.62. The third-order valence-electron chi connectivity index (χ3n) is 6.63. The maximum absolute atomic E-state index is 13.1. The van der Waals surface area contributed by atoms with E-state index in [1.54, 1.807) is 24.0 Å². The molecule has 2 aliphatic rings. The maximum atomic E-state index is 13.1. The number of carbonyl (C=O) groups is 1. The van der Waals surface area contributed by atoms with Gasteiger partial charge < -0.3 is 9.64 Å². The average molecular weight is 440 g/mol. The second kappa shape index (κ2) is 8.20. The molecule has 0 unspecified atom stereocenters. The third kappa shape index (κ3) is 3.89. The van der Waals surface area contributed by atoms with Gasteiger partial charge in [0.15, 0.2) is 0 Å². The lowest BCUT2D eigenvalue weighted by Crippen LogP contribution is -2.49. The van der Waals surface area contributed by atoms with Gasteiger partial charge in [-0.3, -0.25) is 14.9 Å². The zero-order valence-electron chi connectivity index (χ0n) is 18.4. The zero-order chi connectivity index (χ0) is 23.0. The van der Waals surface area contributed by atoms with Gasteiger partial charge in [0, 0.05) is 48.7 Å². The third-order valence-corrected chi connectivity index (χ3v) is 6.63. The Labute approximate surface area is 192 Å². The second-order valence-electron chi connectivity index (χ2n) is 8.62. The van der Waals surface area contributed by atoms with Crippen LogP contribution < -0.4 is 4.74 Å². The Kier molecular flexibility index (Phi) is 5.21. The molecule has 3 aromatic carbocycles. The molecule has 0 bridgehead atoms. The molecule has 3 aromatic rings. The van der Waals surface area contributed by atoms with Crippen LogP contribution in [-0.4, -0.2) is 34.4 Å². The van der Waals surface area contributed by atoms with Crippen LogP contribution in [0.15, 0.2) is 72.8 Å². The van der Waals surface area contributed by atoms with E-state index in [-0.39, 0.29) is 11.6 Å². The van der Waals surface area contributed by atoms with Crippen molar-refractivity contribution in [3.8, 4) is 16.9 Å². The van der Waals surface area contributed by atoms with Crippen LogP contribution in [0.3, 0.4) is 0 Å². The van der Waals surface area contributed by atoms with E-state index >= 15 is 0 Å². The monoisotopic (exact) mass is 440 g/mol. The van der Waals surface area contributed by atoms with E-state index in [9.17, 15) is 14.9 Å². The fourth-order valence-corrected chi connectivity index (χ4v) is 4.66. The molecule has 2 heterocycles. The first kappa shape index (κ1) is 20.9. The summed E-state index contributed by atoms with van der Waals surface area (Å²) in [4.78, 5) is 25.6. The first-order valence-corrected chi connectivity index (χ1v) is 11.1. The summed E-state index contributed by atoms with van der Waals surface area (Å²) in [5, 5.41) is 11.2. The van der Waals surface area contributed by atoms with Gasteiger partial charge in [0.2, 0.25) is 0 Å². The molecule has 5 rings (SSSR count). The van der Waals surface area contributed by atoms with Gasteiger partial charge in [-0.15, -0.1) is 0 Å². The SMILES string of the molecule is Cc1c(C(=O)N2CCC3(C=Cc4cc(-c5ccccc5)ccc4O3)CC2)cccc1[N+](=O)[O-]. The Morgan fingerprint density at radius 3 is 2.48 bits per heavy atom. The number of fused-ring (bicyclic) bond motifs is 1. The molecule has 0 radical (unpaired) electrons. The molecule has 2 aliphatic heterocycles. The number of nitro groups is 1. The minimum atomic E-state index is -0.446. The summed E-state index contributed by atoms with van der Waals surface area (Å²) in [5.74, 6) is 0.685. The number of hydrogen-bond acceptors (Lipinski definition) is 4. The predicted octanol–water partition coefficient (Wildman–Crippen LogP) is 5.65. The number of likely N-dealkylation sites (tertiary alicyclic amines) is 1. The molecule has 166 valence electrons. The lowest BCUT2D eigenvalue weighted by molar-refractivity contribution is -0.385. The van der Waals surface area contributed by atoms with E-state index in [0.717, 1.165) is 22.4 Å². The van der Waals surface area contributed by atoms with E-state index in [2.05, 4.69) is 36.4 Å². The lowest BCUT2D eigenvalue weighted by atomic mass is 9.87. The first-order valence-electron chi connectivity index (χ1n) is 11.1. The van der Waals surface area contributed by atoms with Crippen molar-refractivity contribution in [2.75, 3.05) is 13.1 Å². The van der Waals surface area contributed by atoms with Crippen LogP contribution in [-0.2, 0) is 0 Å². The number of ether oxygens (including phenoxy) is 1. The summed E-state index contributed by atoms with van der Waals surface area (Å²) in [6.07, 6.45) is 5.57. The number of amides is 1. The van der Waals surface area contributed by atoms with E-state index in [0.29, 0.717) is 37.1 Å². The number of benzene rings is 3. The smallest absolute Gasteiger partial charge is 0.273 e. The fourth-order valence-electron chi connectivity index (χ4n) is 4.66. The van der Waals surface area contributed by atoms with Crippen molar-refractivity contribution in [2.24, 2.45) is 0 Å². The molecular formula is C27H24N2O4. The van der Waals surface area contributed by atoms with Crippen molar-refractivity contribution >= 4 is 17.7 Å². The summed E-state index contributed by atoms with van der Waals surface area (Å²) in [6.45, 7) is 2.69. The summed E-state index contributed by atoms with van der Waals surface area (Å²) in [6, 6.07) is 21.1. The largest absolute Gasteiger partial charge is 0.482 e. The quantitative estimate of drug-likeness (QED) is 0.390. The van der Waals surface area contributed by atoms with Crippen LogP contribution in [0, 0.1) is 17.0 Å². The number of piperidine rings is 1. The van der Waals surface area contributed by atoms with Crippen molar-refractivity contribution in [2.45, 2.75) is 25.4 Å². The van der Waals surface area contributed by atoms with E-state index in [4.69, 9.17) is 4.74 Å². The molecule has 0 aliphatic carbocycles. The molecular weight excluding hydrogens is 416 g/mol. The normalized spacial score (nSPS) is 16.2. The summed E-state index contributed by atoms with van der Waals surface area (Å²) >= 11 is 0. The highest BCUT2D eigenvalue weighted by atomic mass is 16.6. The van der Waals surface area contributed by atoms with Crippen molar-refractivity contribution in [3.05, 3.63) is 99.6 Å². The number of rotatable bonds is 3. The van der Waals surface area contributed by atoms with Gasteiger partial charge in [-0.2, -0.15) is 0 Å². The topological polar surface area (TPSA) is 72.7 Å². The van der Waals surface area contributed by atoms with E-state index in [1.807, 2.05) is 24.3 Å². The van der Waals surface area contributed by atoms with Crippen molar-refractivity contribution in [1.29, 1.82) is 0 Å². The molecule has 0 saturated carbocycles. The molecule has 1 fully saturated rings. The Bertz CT molecular complexity index is 1260. The number of nitro benzene ring substituents is 1. The maximum Gasteiger partial charge on any atom is 0.273 e. The Hall–Kier alpha value is -3.93. The van der Waals surface area contributed by atoms with Crippen LogP contribution in [0.2, 0.25) is 0 Å². The van der Waals surface area contributed by atoms with Gasteiger partial charge in [0.05, 0.1) is 4.92 Å². The highest BCUT2D eigenvalue weighted by Gasteiger charge is 2.38. The fraction of sp³-hybridized carbons (Fsp3) is 0.222. The van der Waals surface area contributed by atoms with Crippen molar-refractivity contribution in [3.63, 3.8) is 0 Å². The van der Waals surface area contributed by atoms with Gasteiger partial charge in [0.25, 0.3) is 11.6 Å². The van der Waals surface area contributed by atoms with Gasteiger partial charge in [-0.25, -0.2) is 0 Å². The van der Waals surface area contributed by atoms with Crippen molar-refractivity contribution < 1.29 is 14.5 Å². The van der Waals surface area contributed by atoms with Gasteiger partial charge in [-0.05, 0) is 42.3 Å². The summed E-state index contributed by atoms with van der Waals surface area (Å²) in [5.41, 5.74) is 3.69. The highest BCUT2D eigenvalue weighted by Crippen LogP contribution is 2.39. The Morgan fingerprint density at radius 1 is 1.00 bits per heavy atom. The average Bonchev–Trinajstić information content (AvgIpc) is 2.84. The Morgan fingerprint density at radius 2 is 1.76 bits per heavy atom. The van der Waals surface area contributed by atoms with E-state index < -0.39 is 10.5 Å². The van der Waals surface area contributed by atoms with Gasteiger partial charge in [0.1, 0.15) is 11.4 Å². The van der Waals surface area contributed by atoms with Crippen molar-refractivity contribution in [1.82, 2.24) is 4.90 Å². The molecule has 6 nitrogen and oxygen atoms in total. The Balaban J connectivity index is 1.30. The molecule has 0 atom stereocenters. The zero-order valence-corrected chi connectivity index (χ0v) is 18.4. The molecule has 0 aromatic heterocycles. The van der Waals surface area contributed by atoms with Crippen LogP contribution >= 0.6 is 0 Å². The minimum Gasteiger partial charge on any atom is -0.482 e. The lowest BCUT2D eigenvalue weighted by Gasteiger charge is -2.42. The number of hydrogen-bond donors (Lipinski definition) is 0. The molecule has 1 amide bonds. The summed E-state index contributed by atoms with van der Waals surface area (Å²) < 4.78 is 6.45. The first-order chi connectivity index (χ1) is 16.0. The van der Waals surface area contributed by atoms with Crippen LogP contribution in [0.1, 0.15) is 34.3 Å².